The van der Waals surface area contributed by atoms with Crippen molar-refractivity contribution in [3.8, 4) is 17.2 Å². The minimum Gasteiger partial charge on any atom is -0.493 e. The molecular formula is C13H15NO6. The lowest BCUT2D eigenvalue weighted by Gasteiger charge is -2.13. The number of carbonyl (C=O) groups is 1. The summed E-state index contributed by atoms with van der Waals surface area (Å²) in [5.74, 6) is 0.371. The summed E-state index contributed by atoms with van der Waals surface area (Å²) in [6.07, 6.45) is -0.766. The molecule has 0 aliphatic carbocycles. The van der Waals surface area contributed by atoms with Crippen LogP contribution in [0.1, 0.15) is 12.0 Å². The molecule has 0 bridgehead atoms. The molecular weight excluding hydrogens is 266 g/mol. The Morgan fingerprint density at radius 3 is 2.25 bits per heavy atom. The molecule has 0 radical (unpaired) electrons. The molecule has 0 unspecified atom stereocenters. The second kappa shape index (κ2) is 5.68. The van der Waals surface area contributed by atoms with E-state index in [1.807, 2.05) is 0 Å². The standard InChI is InChI=1S/C13H15NO6/c1-17-9-4-7(5-10(18-2)12(9)19-3)8-6-11(13(15)16)20-14-8/h4-5,11H,6H2,1-3H3,(H,15,16)/t11-/m1/s1. The van der Waals surface area contributed by atoms with Crippen LogP contribution in [0.4, 0.5) is 0 Å². The number of ether oxygens (including phenoxy) is 3. The van der Waals surface area contributed by atoms with Gasteiger partial charge >= 0.3 is 5.97 Å². The minimum absolute atomic E-state index is 0.188. The Morgan fingerprint density at radius 2 is 1.85 bits per heavy atom. The molecule has 1 aliphatic heterocycles. The summed E-state index contributed by atoms with van der Waals surface area (Å²) < 4.78 is 15.7. The molecule has 1 aliphatic rings. The van der Waals surface area contributed by atoms with Crippen LogP contribution in [-0.2, 0) is 9.63 Å². The van der Waals surface area contributed by atoms with Crippen molar-refractivity contribution < 1.29 is 28.9 Å². The Balaban J connectivity index is 2.36. The molecule has 0 spiro atoms. The Morgan fingerprint density at radius 1 is 1.25 bits per heavy atom. The maximum absolute atomic E-state index is 10.9. The number of carboxylic acids is 1. The van der Waals surface area contributed by atoms with E-state index >= 15 is 0 Å². The predicted molar refractivity (Wildman–Crippen MR) is 69.8 cm³/mol. The zero-order valence-corrected chi connectivity index (χ0v) is 11.4. The van der Waals surface area contributed by atoms with E-state index in [0.717, 1.165) is 0 Å². The van der Waals surface area contributed by atoms with Gasteiger partial charge in [0.15, 0.2) is 11.5 Å². The first-order chi connectivity index (χ1) is 9.60. The van der Waals surface area contributed by atoms with E-state index in [1.54, 1.807) is 12.1 Å². The lowest BCUT2D eigenvalue weighted by atomic mass is 10.0. The average molecular weight is 281 g/mol. The van der Waals surface area contributed by atoms with E-state index in [2.05, 4.69) is 5.16 Å². The number of rotatable bonds is 5. The summed E-state index contributed by atoms with van der Waals surface area (Å²) in [6.45, 7) is 0. The van der Waals surface area contributed by atoms with Crippen LogP contribution in [0.25, 0.3) is 0 Å². The predicted octanol–water partition coefficient (Wildman–Crippen LogP) is 1.29. The second-order valence-electron chi connectivity index (χ2n) is 4.09. The number of aliphatic carboxylic acids is 1. The summed E-state index contributed by atoms with van der Waals surface area (Å²) in [5, 5.41) is 12.7. The van der Waals surface area contributed by atoms with Gasteiger partial charge in [0.1, 0.15) is 0 Å². The van der Waals surface area contributed by atoms with Gasteiger partial charge in [0.2, 0.25) is 11.9 Å². The Kier molecular flexibility index (Phi) is 3.97. The molecule has 0 amide bonds. The van der Waals surface area contributed by atoms with Gasteiger partial charge in [-0.05, 0) is 12.1 Å². The van der Waals surface area contributed by atoms with Gasteiger partial charge in [0.25, 0.3) is 0 Å². The van der Waals surface area contributed by atoms with E-state index < -0.39 is 12.1 Å². The summed E-state index contributed by atoms with van der Waals surface area (Å²) in [7, 11) is 4.53. The Hall–Kier alpha value is -2.44. The molecule has 0 fully saturated rings. The molecule has 0 saturated heterocycles. The van der Waals surface area contributed by atoms with Gasteiger partial charge in [-0.25, -0.2) is 4.79 Å². The maximum atomic E-state index is 10.9. The lowest BCUT2D eigenvalue weighted by Crippen LogP contribution is -2.19. The smallest absolute Gasteiger partial charge is 0.348 e. The molecule has 7 nitrogen and oxygen atoms in total. The molecule has 1 atom stereocenters. The van der Waals surface area contributed by atoms with E-state index in [4.69, 9.17) is 24.2 Å². The number of methoxy groups -OCH3 is 3. The van der Waals surface area contributed by atoms with Gasteiger partial charge in [0, 0.05) is 12.0 Å². The van der Waals surface area contributed by atoms with Crippen LogP contribution in [0.3, 0.4) is 0 Å². The van der Waals surface area contributed by atoms with Crippen LogP contribution < -0.4 is 14.2 Å². The van der Waals surface area contributed by atoms with Crippen molar-refractivity contribution in [1.82, 2.24) is 0 Å². The molecule has 0 aromatic heterocycles. The average Bonchev–Trinajstić information content (AvgIpc) is 2.95. The zero-order chi connectivity index (χ0) is 14.7. The molecule has 20 heavy (non-hydrogen) atoms. The molecule has 2 rings (SSSR count). The largest absolute Gasteiger partial charge is 0.493 e. The highest BCUT2D eigenvalue weighted by molar-refractivity contribution is 6.04. The van der Waals surface area contributed by atoms with Gasteiger partial charge in [-0.3, -0.25) is 0 Å². The SMILES string of the molecule is COc1cc(C2=NO[C@@H](C(=O)O)C2)cc(OC)c1OC. The van der Waals surface area contributed by atoms with Crippen molar-refractivity contribution >= 4 is 11.7 Å². The van der Waals surface area contributed by atoms with Gasteiger partial charge in [-0.1, -0.05) is 5.16 Å². The summed E-state index contributed by atoms with van der Waals surface area (Å²) in [5.41, 5.74) is 1.19. The Labute approximate surface area is 115 Å². The van der Waals surface area contributed by atoms with Crippen LogP contribution in [0.5, 0.6) is 17.2 Å². The molecule has 7 heteroatoms. The van der Waals surface area contributed by atoms with Crippen molar-refractivity contribution in [3.63, 3.8) is 0 Å². The molecule has 0 saturated carbocycles. The second-order valence-corrected chi connectivity index (χ2v) is 4.09. The number of nitrogens with zero attached hydrogens (tertiary/aromatic N) is 1. The van der Waals surface area contributed by atoms with Crippen molar-refractivity contribution in [3.05, 3.63) is 17.7 Å². The molecule has 108 valence electrons. The lowest BCUT2D eigenvalue weighted by molar-refractivity contribution is -0.148. The highest BCUT2D eigenvalue weighted by Crippen LogP contribution is 2.39. The van der Waals surface area contributed by atoms with Crippen LogP contribution in [0, 0.1) is 0 Å². The first-order valence-corrected chi connectivity index (χ1v) is 5.86. The highest BCUT2D eigenvalue weighted by Gasteiger charge is 2.29. The van der Waals surface area contributed by atoms with Crippen molar-refractivity contribution in [1.29, 1.82) is 0 Å². The summed E-state index contributed by atoms with van der Waals surface area (Å²) in [4.78, 5) is 15.7. The van der Waals surface area contributed by atoms with Gasteiger partial charge < -0.3 is 24.2 Å². The first kappa shape index (κ1) is 14.0. The van der Waals surface area contributed by atoms with E-state index in [-0.39, 0.29) is 6.42 Å². The fourth-order valence-electron chi connectivity index (χ4n) is 1.93. The van der Waals surface area contributed by atoms with Crippen molar-refractivity contribution in [2.45, 2.75) is 12.5 Å². The highest BCUT2D eigenvalue weighted by atomic mass is 16.7. The monoisotopic (exact) mass is 281 g/mol. The topological polar surface area (TPSA) is 86.6 Å². The fraction of sp³-hybridized carbons (Fsp3) is 0.385. The number of carboxylic acid groups (broad SMARTS) is 1. The third-order valence-corrected chi connectivity index (χ3v) is 2.94. The third kappa shape index (κ3) is 2.47. The van der Waals surface area contributed by atoms with E-state index in [1.165, 1.54) is 21.3 Å². The molecule has 1 N–H and O–H groups in total. The molecule has 1 aromatic rings. The number of benzene rings is 1. The number of oxime groups is 1. The third-order valence-electron chi connectivity index (χ3n) is 2.94. The van der Waals surface area contributed by atoms with Crippen LogP contribution >= 0.6 is 0 Å². The quantitative estimate of drug-likeness (QED) is 0.875. The zero-order valence-electron chi connectivity index (χ0n) is 11.4. The van der Waals surface area contributed by atoms with Crippen LogP contribution in [0.15, 0.2) is 17.3 Å². The number of hydrogen-bond acceptors (Lipinski definition) is 6. The minimum atomic E-state index is -1.05. The van der Waals surface area contributed by atoms with Gasteiger partial charge in [-0.15, -0.1) is 0 Å². The maximum Gasteiger partial charge on any atom is 0.348 e. The van der Waals surface area contributed by atoms with Crippen LogP contribution in [0.2, 0.25) is 0 Å². The van der Waals surface area contributed by atoms with Crippen molar-refractivity contribution in [2.24, 2.45) is 5.16 Å². The summed E-state index contributed by atoms with van der Waals surface area (Å²) >= 11 is 0. The molecule has 1 aromatic carbocycles. The first-order valence-electron chi connectivity index (χ1n) is 5.86. The van der Waals surface area contributed by atoms with Gasteiger partial charge in [-0.2, -0.15) is 0 Å². The van der Waals surface area contributed by atoms with E-state index in [0.29, 0.717) is 28.5 Å². The van der Waals surface area contributed by atoms with Crippen LogP contribution in [-0.4, -0.2) is 44.2 Å². The van der Waals surface area contributed by atoms with Crippen molar-refractivity contribution in [2.75, 3.05) is 21.3 Å². The normalized spacial score (nSPS) is 17.1. The molecule has 1 heterocycles. The fourth-order valence-corrected chi connectivity index (χ4v) is 1.93. The summed E-state index contributed by atoms with van der Waals surface area (Å²) in [6, 6.07) is 3.40. The van der Waals surface area contributed by atoms with E-state index in [9.17, 15) is 4.79 Å². The Bertz CT molecular complexity index is 529. The van der Waals surface area contributed by atoms with Gasteiger partial charge in [0.05, 0.1) is 27.0 Å². The number of hydrogen-bond donors (Lipinski definition) is 1.